The van der Waals surface area contributed by atoms with Crippen molar-refractivity contribution in [3.63, 3.8) is 0 Å². The average Bonchev–Trinajstić information content (AvgIpc) is 2.57. The minimum atomic E-state index is 0. The van der Waals surface area contributed by atoms with Crippen molar-refractivity contribution in [2.45, 2.75) is 32.2 Å². The summed E-state index contributed by atoms with van der Waals surface area (Å²) in [5, 5.41) is 3.48. The maximum Gasteiger partial charge on any atom is 0.0421 e. The van der Waals surface area contributed by atoms with E-state index in [9.17, 15) is 0 Å². The Bertz CT molecular complexity index is 286. The average molecular weight is 249 g/mol. The lowest BCUT2D eigenvalue weighted by molar-refractivity contribution is 0.595. The molecule has 0 aliphatic carbocycles. The number of aromatic nitrogens is 1. The molecule has 1 aliphatic heterocycles. The Labute approximate surface area is 104 Å². The van der Waals surface area contributed by atoms with E-state index in [0.717, 1.165) is 6.42 Å². The summed E-state index contributed by atoms with van der Waals surface area (Å²) in [4.78, 5) is 4.36. The van der Waals surface area contributed by atoms with Crippen LogP contribution in [0.25, 0.3) is 0 Å². The molecule has 1 aliphatic rings. The third-order valence-electron chi connectivity index (χ3n) is 2.59. The summed E-state index contributed by atoms with van der Waals surface area (Å²) in [6.45, 7) is 3.30. The largest absolute Gasteiger partial charge is 0.314 e. The standard InChI is InChI=1S/C11H16N2.2ClH/c1-9-4-6-13-11(7-9)8-10-3-2-5-12-10;;/h4,6-7,10,12H,2-3,5,8H2,1H3;2*1H. The molecule has 1 aromatic rings. The van der Waals surface area contributed by atoms with Crippen LogP contribution in [0.1, 0.15) is 24.1 Å². The minimum Gasteiger partial charge on any atom is -0.314 e. The fourth-order valence-electron chi connectivity index (χ4n) is 1.89. The summed E-state index contributed by atoms with van der Waals surface area (Å²) in [6, 6.07) is 4.89. The highest BCUT2D eigenvalue weighted by Gasteiger charge is 2.14. The molecule has 0 radical (unpaired) electrons. The zero-order valence-corrected chi connectivity index (χ0v) is 10.5. The summed E-state index contributed by atoms with van der Waals surface area (Å²) in [6.07, 6.45) is 5.60. The molecule has 15 heavy (non-hydrogen) atoms. The van der Waals surface area contributed by atoms with Crippen molar-refractivity contribution in [3.8, 4) is 0 Å². The molecule has 0 amide bonds. The van der Waals surface area contributed by atoms with Gasteiger partial charge in [0.1, 0.15) is 0 Å². The Morgan fingerprint density at radius 2 is 2.27 bits per heavy atom. The highest BCUT2D eigenvalue weighted by molar-refractivity contribution is 5.85. The van der Waals surface area contributed by atoms with Gasteiger partial charge in [-0.05, 0) is 44.0 Å². The van der Waals surface area contributed by atoms with Crippen LogP contribution in [0.5, 0.6) is 0 Å². The van der Waals surface area contributed by atoms with Gasteiger partial charge in [-0.15, -0.1) is 24.8 Å². The van der Waals surface area contributed by atoms with E-state index in [0.29, 0.717) is 6.04 Å². The van der Waals surface area contributed by atoms with E-state index >= 15 is 0 Å². The van der Waals surface area contributed by atoms with Gasteiger partial charge in [0.15, 0.2) is 0 Å². The van der Waals surface area contributed by atoms with Crippen molar-refractivity contribution >= 4 is 24.8 Å². The van der Waals surface area contributed by atoms with E-state index in [1.807, 2.05) is 12.3 Å². The molecule has 1 aromatic heterocycles. The summed E-state index contributed by atoms with van der Waals surface area (Å²) in [5.74, 6) is 0. The second kappa shape index (κ2) is 7.04. The molecule has 1 atom stereocenters. The molecule has 0 bridgehead atoms. The first kappa shape index (κ1) is 14.7. The van der Waals surface area contributed by atoms with Gasteiger partial charge < -0.3 is 5.32 Å². The van der Waals surface area contributed by atoms with Crippen molar-refractivity contribution < 1.29 is 0 Å². The van der Waals surface area contributed by atoms with Crippen LogP contribution in [0.4, 0.5) is 0 Å². The van der Waals surface area contributed by atoms with Crippen LogP contribution in [0.15, 0.2) is 18.3 Å². The number of aryl methyl sites for hydroxylation is 1. The molecule has 0 spiro atoms. The molecule has 2 nitrogen and oxygen atoms in total. The normalized spacial score (nSPS) is 19.1. The SMILES string of the molecule is Cc1ccnc(CC2CCCN2)c1.Cl.Cl. The minimum absolute atomic E-state index is 0. The van der Waals surface area contributed by atoms with Crippen molar-refractivity contribution in [3.05, 3.63) is 29.6 Å². The number of hydrogen-bond donors (Lipinski definition) is 1. The van der Waals surface area contributed by atoms with Crippen LogP contribution in [0.3, 0.4) is 0 Å². The second-order valence-electron chi connectivity index (χ2n) is 3.82. The van der Waals surface area contributed by atoms with Crippen molar-refractivity contribution in [1.82, 2.24) is 10.3 Å². The number of nitrogens with zero attached hydrogens (tertiary/aromatic N) is 1. The third-order valence-corrected chi connectivity index (χ3v) is 2.59. The highest BCUT2D eigenvalue weighted by Crippen LogP contribution is 2.11. The fourth-order valence-corrected chi connectivity index (χ4v) is 1.89. The summed E-state index contributed by atoms with van der Waals surface area (Å²) in [5.41, 5.74) is 2.53. The molecule has 0 aromatic carbocycles. The molecule has 2 rings (SSSR count). The van der Waals surface area contributed by atoms with Gasteiger partial charge in [-0.2, -0.15) is 0 Å². The topological polar surface area (TPSA) is 24.9 Å². The van der Waals surface area contributed by atoms with Gasteiger partial charge in [0.25, 0.3) is 0 Å². The monoisotopic (exact) mass is 248 g/mol. The Morgan fingerprint density at radius 3 is 2.87 bits per heavy atom. The first-order valence-corrected chi connectivity index (χ1v) is 4.99. The van der Waals surface area contributed by atoms with Gasteiger partial charge in [-0.25, -0.2) is 0 Å². The quantitative estimate of drug-likeness (QED) is 0.871. The molecule has 2 heterocycles. The third kappa shape index (κ3) is 4.37. The van der Waals surface area contributed by atoms with Crippen LogP contribution in [0.2, 0.25) is 0 Å². The number of pyridine rings is 1. The number of nitrogens with one attached hydrogen (secondary N) is 1. The Morgan fingerprint density at radius 1 is 1.47 bits per heavy atom. The lowest BCUT2D eigenvalue weighted by Gasteiger charge is -2.09. The summed E-state index contributed by atoms with van der Waals surface area (Å²) < 4.78 is 0. The van der Waals surface area contributed by atoms with E-state index in [1.165, 1.54) is 30.6 Å². The maximum atomic E-state index is 4.36. The maximum absolute atomic E-state index is 4.36. The molecule has 1 unspecified atom stereocenters. The first-order chi connectivity index (χ1) is 6.34. The smallest absolute Gasteiger partial charge is 0.0421 e. The Kier molecular flexibility index (Phi) is 6.90. The van der Waals surface area contributed by atoms with Crippen LogP contribution in [-0.4, -0.2) is 17.6 Å². The lowest BCUT2D eigenvalue weighted by atomic mass is 10.1. The van der Waals surface area contributed by atoms with Crippen molar-refractivity contribution in [1.29, 1.82) is 0 Å². The van der Waals surface area contributed by atoms with Gasteiger partial charge in [-0.1, -0.05) is 0 Å². The molecule has 0 saturated carbocycles. The van der Waals surface area contributed by atoms with Crippen molar-refractivity contribution in [2.75, 3.05) is 6.54 Å². The molecular formula is C11H18Cl2N2. The zero-order valence-electron chi connectivity index (χ0n) is 8.90. The van der Waals surface area contributed by atoms with Gasteiger partial charge in [0.2, 0.25) is 0 Å². The summed E-state index contributed by atoms with van der Waals surface area (Å²) in [7, 11) is 0. The van der Waals surface area contributed by atoms with E-state index in [4.69, 9.17) is 0 Å². The molecule has 4 heteroatoms. The molecule has 1 fully saturated rings. The van der Waals surface area contributed by atoms with Crippen LogP contribution in [-0.2, 0) is 6.42 Å². The second-order valence-corrected chi connectivity index (χ2v) is 3.82. The molecular weight excluding hydrogens is 231 g/mol. The molecule has 86 valence electrons. The number of rotatable bonds is 2. The van der Waals surface area contributed by atoms with Gasteiger partial charge >= 0.3 is 0 Å². The molecule has 1 saturated heterocycles. The van der Waals surface area contributed by atoms with Crippen LogP contribution >= 0.6 is 24.8 Å². The van der Waals surface area contributed by atoms with Crippen LogP contribution in [0, 0.1) is 6.92 Å². The lowest BCUT2D eigenvalue weighted by Crippen LogP contribution is -2.24. The molecule has 1 N–H and O–H groups in total. The van der Waals surface area contributed by atoms with Crippen molar-refractivity contribution in [2.24, 2.45) is 0 Å². The van der Waals surface area contributed by atoms with Crippen LogP contribution < -0.4 is 5.32 Å². The summed E-state index contributed by atoms with van der Waals surface area (Å²) >= 11 is 0. The zero-order chi connectivity index (χ0) is 9.10. The van der Waals surface area contributed by atoms with Gasteiger partial charge in [0.05, 0.1) is 0 Å². The fraction of sp³-hybridized carbons (Fsp3) is 0.545. The van der Waals surface area contributed by atoms with Gasteiger partial charge in [0, 0.05) is 24.4 Å². The van der Waals surface area contributed by atoms with E-state index in [2.05, 4.69) is 23.3 Å². The Hall–Kier alpha value is -0.310. The number of hydrogen-bond acceptors (Lipinski definition) is 2. The highest BCUT2D eigenvalue weighted by atomic mass is 35.5. The van der Waals surface area contributed by atoms with E-state index in [-0.39, 0.29) is 24.8 Å². The van der Waals surface area contributed by atoms with Gasteiger partial charge in [-0.3, -0.25) is 4.98 Å². The predicted molar refractivity (Wildman–Crippen MR) is 68.2 cm³/mol. The number of halogens is 2. The predicted octanol–water partition coefficient (Wildman–Crippen LogP) is 2.53. The Balaban J connectivity index is 0.000000980. The van der Waals surface area contributed by atoms with E-state index in [1.54, 1.807) is 0 Å². The van der Waals surface area contributed by atoms with E-state index < -0.39 is 0 Å². The first-order valence-electron chi connectivity index (χ1n) is 4.99.